The summed E-state index contributed by atoms with van der Waals surface area (Å²) in [5.74, 6) is 1.15. The van der Waals surface area contributed by atoms with Crippen LogP contribution in [-0.2, 0) is 6.61 Å². The number of nitrogens with one attached hydrogen (secondary N) is 1. The number of hydrogen-bond acceptors (Lipinski definition) is 4. The molecule has 6 heteroatoms. The van der Waals surface area contributed by atoms with Gasteiger partial charge >= 0.3 is 0 Å². The zero-order chi connectivity index (χ0) is 19.8. The molecule has 0 saturated carbocycles. The van der Waals surface area contributed by atoms with E-state index in [9.17, 15) is 4.79 Å². The summed E-state index contributed by atoms with van der Waals surface area (Å²) in [5, 5.41) is 4.68. The number of ether oxygens (including phenoxy) is 2. The highest BCUT2D eigenvalue weighted by Crippen LogP contribution is 2.15. The number of benzene rings is 3. The van der Waals surface area contributed by atoms with Crippen LogP contribution in [-0.4, -0.2) is 19.2 Å². The first kappa shape index (κ1) is 19.5. The standard InChI is InChI=1S/C22H19ClN2O3/c1-27-20-12-6-18(7-13-20)22(26)25-24-14-16-4-10-21(11-5-16)28-15-17-2-8-19(23)9-3-17/h2-14H,15H2,1H3,(H,25,26)/b24-14+. The lowest BCUT2D eigenvalue weighted by Gasteiger charge is -2.06. The number of carbonyl (C=O) groups is 1. The molecule has 0 aliphatic carbocycles. The van der Waals surface area contributed by atoms with E-state index in [1.54, 1.807) is 37.6 Å². The average molecular weight is 395 g/mol. The van der Waals surface area contributed by atoms with Crippen LogP contribution in [0.15, 0.2) is 77.9 Å². The molecule has 0 heterocycles. The van der Waals surface area contributed by atoms with E-state index in [1.807, 2.05) is 48.5 Å². The van der Waals surface area contributed by atoms with Crippen LogP contribution in [0.2, 0.25) is 5.02 Å². The summed E-state index contributed by atoms with van der Waals surface area (Å²) in [5.41, 5.74) is 4.88. The van der Waals surface area contributed by atoms with Gasteiger partial charge in [-0.05, 0) is 71.8 Å². The molecule has 0 aliphatic rings. The van der Waals surface area contributed by atoms with Gasteiger partial charge < -0.3 is 9.47 Å². The SMILES string of the molecule is COc1ccc(C(=O)N/N=C/c2ccc(OCc3ccc(Cl)cc3)cc2)cc1. The Morgan fingerprint density at radius 3 is 2.25 bits per heavy atom. The number of carbonyl (C=O) groups excluding carboxylic acids is 1. The Hall–Kier alpha value is -3.31. The summed E-state index contributed by atoms with van der Waals surface area (Å²) in [4.78, 5) is 12.0. The maximum absolute atomic E-state index is 12.0. The average Bonchev–Trinajstić information content (AvgIpc) is 2.74. The minimum absolute atomic E-state index is 0.290. The molecule has 0 aromatic heterocycles. The topological polar surface area (TPSA) is 59.9 Å². The van der Waals surface area contributed by atoms with Gasteiger partial charge in [-0.3, -0.25) is 4.79 Å². The van der Waals surface area contributed by atoms with Gasteiger partial charge in [0.05, 0.1) is 13.3 Å². The van der Waals surface area contributed by atoms with Crippen molar-refractivity contribution in [3.63, 3.8) is 0 Å². The van der Waals surface area contributed by atoms with E-state index in [-0.39, 0.29) is 5.91 Å². The van der Waals surface area contributed by atoms with Crippen molar-refractivity contribution < 1.29 is 14.3 Å². The van der Waals surface area contributed by atoms with Crippen LogP contribution in [0.5, 0.6) is 11.5 Å². The maximum Gasteiger partial charge on any atom is 0.271 e. The Balaban J connectivity index is 1.50. The molecule has 5 nitrogen and oxygen atoms in total. The molecule has 1 amide bonds. The molecule has 1 N–H and O–H groups in total. The second-order valence-corrected chi connectivity index (χ2v) is 6.35. The van der Waals surface area contributed by atoms with Crippen LogP contribution in [0.25, 0.3) is 0 Å². The third-order valence-corrected chi connectivity index (χ3v) is 4.18. The second kappa shape index (κ2) is 9.58. The third kappa shape index (κ3) is 5.59. The summed E-state index contributed by atoms with van der Waals surface area (Å²) in [7, 11) is 1.58. The lowest BCUT2D eigenvalue weighted by atomic mass is 10.2. The smallest absolute Gasteiger partial charge is 0.271 e. The highest BCUT2D eigenvalue weighted by molar-refractivity contribution is 6.30. The van der Waals surface area contributed by atoms with Gasteiger partial charge in [0.2, 0.25) is 0 Å². The fourth-order valence-electron chi connectivity index (χ4n) is 2.37. The summed E-state index contributed by atoms with van der Waals surface area (Å²) < 4.78 is 10.8. The van der Waals surface area contributed by atoms with Crippen LogP contribution in [0.1, 0.15) is 21.5 Å². The van der Waals surface area contributed by atoms with Crippen molar-refractivity contribution in [2.75, 3.05) is 7.11 Å². The molecule has 3 rings (SSSR count). The fraction of sp³-hybridized carbons (Fsp3) is 0.0909. The predicted molar refractivity (Wildman–Crippen MR) is 110 cm³/mol. The molecular weight excluding hydrogens is 376 g/mol. The largest absolute Gasteiger partial charge is 0.497 e. The van der Waals surface area contributed by atoms with Crippen molar-refractivity contribution in [2.24, 2.45) is 5.10 Å². The Morgan fingerprint density at radius 2 is 1.61 bits per heavy atom. The monoisotopic (exact) mass is 394 g/mol. The highest BCUT2D eigenvalue weighted by Gasteiger charge is 2.03. The number of nitrogens with zero attached hydrogens (tertiary/aromatic N) is 1. The first-order valence-corrected chi connectivity index (χ1v) is 8.96. The summed E-state index contributed by atoms with van der Waals surface area (Å²) >= 11 is 5.87. The van der Waals surface area contributed by atoms with E-state index in [1.165, 1.54) is 0 Å². The van der Waals surface area contributed by atoms with Crippen LogP contribution in [0.4, 0.5) is 0 Å². The zero-order valence-electron chi connectivity index (χ0n) is 15.3. The van der Waals surface area contributed by atoms with Gasteiger partial charge in [0.25, 0.3) is 5.91 Å². The Labute approximate surface area is 168 Å². The van der Waals surface area contributed by atoms with E-state index >= 15 is 0 Å². The van der Waals surface area contributed by atoms with Gasteiger partial charge in [-0.25, -0.2) is 5.43 Å². The van der Waals surface area contributed by atoms with Gasteiger partial charge in [0.15, 0.2) is 0 Å². The van der Waals surface area contributed by atoms with Crippen molar-refractivity contribution in [1.82, 2.24) is 5.43 Å². The molecule has 0 aliphatic heterocycles. The van der Waals surface area contributed by atoms with Crippen LogP contribution < -0.4 is 14.9 Å². The molecule has 3 aromatic carbocycles. The molecule has 0 atom stereocenters. The van der Waals surface area contributed by atoms with E-state index < -0.39 is 0 Å². The molecule has 0 radical (unpaired) electrons. The first-order chi connectivity index (χ1) is 13.6. The predicted octanol–water partition coefficient (Wildman–Crippen LogP) is 4.69. The van der Waals surface area contributed by atoms with Crippen molar-refractivity contribution in [3.05, 3.63) is 94.5 Å². The fourth-order valence-corrected chi connectivity index (χ4v) is 2.50. The minimum atomic E-state index is -0.290. The molecule has 28 heavy (non-hydrogen) atoms. The Kier molecular flexibility index (Phi) is 6.65. The first-order valence-electron chi connectivity index (χ1n) is 8.59. The van der Waals surface area contributed by atoms with E-state index in [0.717, 1.165) is 16.9 Å². The van der Waals surface area contributed by atoms with Crippen molar-refractivity contribution >= 4 is 23.7 Å². The van der Waals surface area contributed by atoms with Gasteiger partial charge in [-0.2, -0.15) is 5.10 Å². The van der Waals surface area contributed by atoms with Crippen molar-refractivity contribution in [2.45, 2.75) is 6.61 Å². The van der Waals surface area contributed by atoms with Crippen LogP contribution in [0, 0.1) is 0 Å². The number of hydrogen-bond donors (Lipinski definition) is 1. The normalized spacial score (nSPS) is 10.6. The minimum Gasteiger partial charge on any atom is -0.497 e. The summed E-state index contributed by atoms with van der Waals surface area (Å²) in [6.45, 7) is 0.461. The van der Waals surface area contributed by atoms with Gasteiger partial charge in [-0.15, -0.1) is 0 Å². The molecular formula is C22H19ClN2O3. The zero-order valence-corrected chi connectivity index (χ0v) is 16.0. The highest BCUT2D eigenvalue weighted by atomic mass is 35.5. The van der Waals surface area contributed by atoms with E-state index in [2.05, 4.69) is 10.5 Å². The quantitative estimate of drug-likeness (QED) is 0.467. The molecule has 142 valence electrons. The lowest BCUT2D eigenvalue weighted by molar-refractivity contribution is 0.0955. The maximum atomic E-state index is 12.0. The molecule has 0 fully saturated rings. The number of halogens is 1. The Bertz CT molecular complexity index is 937. The van der Waals surface area contributed by atoms with Crippen molar-refractivity contribution in [1.29, 1.82) is 0 Å². The number of hydrazone groups is 1. The second-order valence-electron chi connectivity index (χ2n) is 5.91. The third-order valence-electron chi connectivity index (χ3n) is 3.93. The van der Waals surface area contributed by atoms with E-state index in [0.29, 0.717) is 22.9 Å². The molecule has 0 bridgehead atoms. The summed E-state index contributed by atoms with van der Waals surface area (Å²) in [6, 6.07) is 21.7. The van der Waals surface area contributed by atoms with Crippen molar-refractivity contribution in [3.8, 4) is 11.5 Å². The number of amides is 1. The summed E-state index contributed by atoms with van der Waals surface area (Å²) in [6.07, 6.45) is 1.57. The molecule has 0 spiro atoms. The molecule has 0 unspecified atom stereocenters. The lowest BCUT2D eigenvalue weighted by Crippen LogP contribution is -2.17. The van der Waals surface area contributed by atoms with E-state index in [4.69, 9.17) is 21.1 Å². The van der Waals surface area contributed by atoms with Crippen LogP contribution in [0.3, 0.4) is 0 Å². The Morgan fingerprint density at radius 1 is 0.964 bits per heavy atom. The van der Waals surface area contributed by atoms with Gasteiger partial charge in [-0.1, -0.05) is 23.7 Å². The van der Waals surface area contributed by atoms with Gasteiger partial charge in [0.1, 0.15) is 18.1 Å². The number of methoxy groups -OCH3 is 1. The molecule has 0 saturated heterocycles. The van der Waals surface area contributed by atoms with Gasteiger partial charge in [0, 0.05) is 10.6 Å². The number of rotatable bonds is 7. The van der Waals surface area contributed by atoms with Crippen LogP contribution >= 0.6 is 11.6 Å². The molecule has 3 aromatic rings.